The molecule has 1 aromatic carbocycles. The SMILES string of the molecule is COc1c(N2CC3CCCCC3(N)C2)c(F)cc2c(=O)c(C(=O)O)cn([C@@H]3C[C@@H]3F)c12. The molecule has 166 valence electrons. The number of hydrogen-bond acceptors (Lipinski definition) is 5. The van der Waals surface area contributed by atoms with E-state index in [1.165, 1.54) is 11.7 Å². The third kappa shape index (κ3) is 3.01. The second-order valence-electron chi connectivity index (χ2n) is 9.10. The molecule has 7 nitrogen and oxygen atoms in total. The number of nitrogens with two attached hydrogens (primary N) is 1. The standard InChI is InChI=1S/C22H25F2N3O4/c1-31-20-17-12(19(28)13(21(29)30)9-27(17)16-7-14(16)23)6-15(24)18(20)26-8-11-4-2-3-5-22(11,25)10-26/h6,9,11,14,16H,2-5,7-8,10,25H2,1H3,(H,29,30)/t11?,14-,16+,22?/m0/s1. The summed E-state index contributed by atoms with van der Waals surface area (Å²) in [7, 11) is 1.37. The molecule has 3 N–H and O–H groups in total. The van der Waals surface area contributed by atoms with Gasteiger partial charge in [0.2, 0.25) is 5.43 Å². The summed E-state index contributed by atoms with van der Waals surface area (Å²) >= 11 is 0. The van der Waals surface area contributed by atoms with Gasteiger partial charge in [-0.1, -0.05) is 12.8 Å². The lowest BCUT2D eigenvalue weighted by atomic mass is 9.76. The molecule has 2 aromatic rings. The van der Waals surface area contributed by atoms with Crippen LogP contribution in [-0.2, 0) is 0 Å². The van der Waals surface area contributed by atoms with Crippen molar-refractivity contribution in [3.05, 3.63) is 33.9 Å². The van der Waals surface area contributed by atoms with Crippen LogP contribution in [0.25, 0.3) is 10.9 Å². The first-order valence-corrected chi connectivity index (χ1v) is 10.6. The summed E-state index contributed by atoms with van der Waals surface area (Å²) < 4.78 is 36.4. The number of carboxylic acids is 1. The molecule has 0 spiro atoms. The molecule has 0 bridgehead atoms. The molecule has 0 radical (unpaired) electrons. The van der Waals surface area contributed by atoms with Crippen molar-refractivity contribution in [3.63, 3.8) is 0 Å². The molecule has 1 aliphatic heterocycles. The highest BCUT2D eigenvalue weighted by atomic mass is 19.1. The third-order valence-electron chi connectivity index (χ3n) is 7.17. The van der Waals surface area contributed by atoms with E-state index >= 15 is 4.39 Å². The van der Waals surface area contributed by atoms with Gasteiger partial charge in [0.25, 0.3) is 0 Å². The van der Waals surface area contributed by atoms with Crippen LogP contribution < -0.4 is 20.8 Å². The zero-order chi connectivity index (χ0) is 22.1. The van der Waals surface area contributed by atoms with Crippen LogP contribution in [0, 0.1) is 11.7 Å². The first-order valence-electron chi connectivity index (χ1n) is 10.6. The van der Waals surface area contributed by atoms with Crippen LogP contribution in [0.1, 0.15) is 48.5 Å². The lowest BCUT2D eigenvalue weighted by molar-refractivity contribution is 0.0694. The average molecular weight is 433 g/mol. The molecule has 31 heavy (non-hydrogen) atoms. The van der Waals surface area contributed by atoms with Gasteiger partial charge in [-0.15, -0.1) is 0 Å². The summed E-state index contributed by atoms with van der Waals surface area (Å²) in [5.74, 6) is -1.76. The Hall–Kier alpha value is -2.68. The lowest BCUT2D eigenvalue weighted by Gasteiger charge is -2.34. The van der Waals surface area contributed by atoms with Crippen LogP contribution in [0.5, 0.6) is 5.75 Å². The molecule has 2 saturated carbocycles. The fourth-order valence-electron chi connectivity index (χ4n) is 5.46. The van der Waals surface area contributed by atoms with Crippen LogP contribution in [0.15, 0.2) is 17.1 Å². The van der Waals surface area contributed by atoms with Crippen LogP contribution in [0.4, 0.5) is 14.5 Å². The van der Waals surface area contributed by atoms with E-state index in [-0.39, 0.29) is 34.7 Å². The summed E-state index contributed by atoms with van der Waals surface area (Å²) in [6, 6.07) is 0.439. The number of aromatic nitrogens is 1. The molecular formula is C22H25F2N3O4. The van der Waals surface area contributed by atoms with E-state index in [9.17, 15) is 19.1 Å². The predicted molar refractivity (Wildman–Crippen MR) is 111 cm³/mol. The first kappa shape index (κ1) is 20.2. The summed E-state index contributed by atoms with van der Waals surface area (Å²) in [4.78, 5) is 26.3. The number of aromatic carboxylic acids is 1. The molecule has 9 heteroatoms. The fourth-order valence-corrected chi connectivity index (χ4v) is 5.46. The Labute approximate surface area is 177 Å². The monoisotopic (exact) mass is 433 g/mol. The first-order chi connectivity index (χ1) is 14.7. The quantitative estimate of drug-likeness (QED) is 0.770. The number of carboxylic acid groups (broad SMARTS) is 1. The molecule has 3 aliphatic rings. The van der Waals surface area contributed by atoms with Crippen molar-refractivity contribution < 1.29 is 23.4 Å². The number of halogens is 2. The maximum absolute atomic E-state index is 15.4. The zero-order valence-corrected chi connectivity index (χ0v) is 17.2. The largest absolute Gasteiger partial charge is 0.492 e. The second-order valence-corrected chi connectivity index (χ2v) is 9.10. The normalized spacial score (nSPS) is 29.8. The van der Waals surface area contributed by atoms with Gasteiger partial charge in [0, 0.05) is 31.2 Å². The Kier molecular flexibility index (Phi) is 4.51. The molecule has 1 aromatic heterocycles. The fraction of sp³-hybridized carbons (Fsp3) is 0.545. The minimum Gasteiger partial charge on any atom is -0.492 e. The average Bonchev–Trinajstić information content (AvgIpc) is 3.33. The summed E-state index contributed by atoms with van der Waals surface area (Å²) in [6.45, 7) is 1.03. The van der Waals surface area contributed by atoms with E-state index in [2.05, 4.69) is 0 Å². The molecule has 3 fully saturated rings. The van der Waals surface area contributed by atoms with E-state index in [1.54, 1.807) is 0 Å². The number of carbonyl (C=O) groups is 1. The van der Waals surface area contributed by atoms with E-state index in [0.29, 0.717) is 13.1 Å². The molecule has 0 amide bonds. The number of pyridine rings is 1. The Morgan fingerprint density at radius 1 is 1.39 bits per heavy atom. The summed E-state index contributed by atoms with van der Waals surface area (Å²) in [5.41, 5.74) is 5.33. The molecule has 2 aliphatic carbocycles. The lowest BCUT2D eigenvalue weighted by Crippen LogP contribution is -2.49. The number of rotatable bonds is 4. The van der Waals surface area contributed by atoms with Gasteiger partial charge >= 0.3 is 5.97 Å². The van der Waals surface area contributed by atoms with E-state index in [0.717, 1.165) is 37.9 Å². The smallest absolute Gasteiger partial charge is 0.341 e. The van der Waals surface area contributed by atoms with Crippen molar-refractivity contribution in [3.8, 4) is 5.75 Å². The van der Waals surface area contributed by atoms with Gasteiger partial charge in [0.15, 0.2) is 11.6 Å². The number of anilines is 1. The predicted octanol–water partition coefficient (Wildman–Crippen LogP) is 2.84. The minimum atomic E-state index is -1.44. The number of hydrogen-bond donors (Lipinski definition) is 2. The van der Waals surface area contributed by atoms with Gasteiger partial charge < -0.3 is 25.0 Å². The summed E-state index contributed by atoms with van der Waals surface area (Å²) in [5, 5.41) is 9.30. The Bertz CT molecular complexity index is 1150. The van der Waals surface area contributed by atoms with Gasteiger partial charge in [-0.3, -0.25) is 4.79 Å². The molecule has 1 saturated heterocycles. The Morgan fingerprint density at radius 3 is 2.74 bits per heavy atom. The second kappa shape index (κ2) is 6.91. The number of ether oxygens (including phenoxy) is 1. The van der Waals surface area contributed by atoms with Crippen molar-refractivity contribution in [1.82, 2.24) is 4.57 Å². The molecule has 2 heterocycles. The molecule has 4 atom stereocenters. The number of nitrogens with zero attached hydrogens (tertiary/aromatic N) is 2. The van der Waals surface area contributed by atoms with Crippen molar-refractivity contribution in [2.45, 2.75) is 49.9 Å². The van der Waals surface area contributed by atoms with Crippen LogP contribution in [0.3, 0.4) is 0 Å². The Morgan fingerprint density at radius 2 is 2.13 bits per heavy atom. The van der Waals surface area contributed by atoms with Gasteiger partial charge in [-0.2, -0.15) is 0 Å². The number of benzene rings is 1. The van der Waals surface area contributed by atoms with Crippen LogP contribution in [-0.4, -0.2) is 47.6 Å². The highest BCUT2D eigenvalue weighted by molar-refractivity contribution is 5.97. The van der Waals surface area contributed by atoms with Gasteiger partial charge in [0.05, 0.1) is 24.1 Å². The van der Waals surface area contributed by atoms with Gasteiger partial charge in [-0.25, -0.2) is 13.6 Å². The number of fused-ring (bicyclic) bond motifs is 2. The van der Waals surface area contributed by atoms with Crippen molar-refractivity contribution in [1.29, 1.82) is 0 Å². The third-order valence-corrected chi connectivity index (χ3v) is 7.17. The van der Waals surface area contributed by atoms with Gasteiger partial charge in [0.1, 0.15) is 17.4 Å². The zero-order valence-electron chi connectivity index (χ0n) is 17.2. The molecule has 5 rings (SSSR count). The van der Waals surface area contributed by atoms with E-state index in [4.69, 9.17) is 10.5 Å². The highest BCUT2D eigenvalue weighted by Gasteiger charge is 2.47. The molecular weight excluding hydrogens is 408 g/mol. The van der Waals surface area contributed by atoms with Crippen LogP contribution in [0.2, 0.25) is 0 Å². The summed E-state index contributed by atoms with van der Waals surface area (Å²) in [6.07, 6.45) is 4.15. The number of alkyl halides is 1. The maximum Gasteiger partial charge on any atom is 0.341 e. The Balaban J connectivity index is 1.74. The highest BCUT2D eigenvalue weighted by Crippen LogP contribution is 2.47. The molecule has 2 unspecified atom stereocenters. The maximum atomic E-state index is 15.4. The van der Waals surface area contributed by atoms with Gasteiger partial charge in [-0.05, 0) is 24.8 Å². The van der Waals surface area contributed by atoms with E-state index in [1.807, 2.05) is 4.90 Å². The minimum absolute atomic E-state index is 0.116. The van der Waals surface area contributed by atoms with E-state index < -0.39 is 40.5 Å². The van der Waals surface area contributed by atoms with Crippen LogP contribution >= 0.6 is 0 Å². The number of methoxy groups -OCH3 is 1. The van der Waals surface area contributed by atoms with Crippen molar-refractivity contribution in [2.75, 3.05) is 25.1 Å². The topological polar surface area (TPSA) is 97.8 Å². The van der Waals surface area contributed by atoms with Crippen molar-refractivity contribution in [2.24, 2.45) is 11.7 Å². The van der Waals surface area contributed by atoms with Crippen molar-refractivity contribution >= 4 is 22.6 Å².